The van der Waals surface area contributed by atoms with Crippen LogP contribution in [-0.4, -0.2) is 44.2 Å². The highest BCUT2D eigenvalue weighted by Crippen LogP contribution is 2.19. The molecule has 0 radical (unpaired) electrons. The molecule has 0 aliphatic carbocycles. The van der Waals surface area contributed by atoms with Gasteiger partial charge in [-0.25, -0.2) is 9.98 Å². The number of para-hydroxylation sites is 1. The van der Waals surface area contributed by atoms with Crippen molar-refractivity contribution in [3.8, 4) is 5.75 Å². The molecule has 6 nitrogen and oxygen atoms in total. The molecule has 0 unspecified atom stereocenters. The standard InChI is InChI=1S/C22H31N5O/c1-3-23-22(25-13-11-19-8-4-5-9-20(19)28-2)26-17-18-10-12-24-21(16-18)27-14-6-7-15-27/h4-5,8-10,12,16H,3,6-7,11,13-15,17H2,1-2H3,(H2,23,25,26). The topological polar surface area (TPSA) is 61.8 Å². The summed E-state index contributed by atoms with van der Waals surface area (Å²) in [5.74, 6) is 2.83. The molecule has 2 heterocycles. The number of hydrogen-bond donors (Lipinski definition) is 2. The number of aliphatic imine (C=N–C) groups is 1. The number of anilines is 1. The van der Waals surface area contributed by atoms with E-state index in [2.05, 4.69) is 39.6 Å². The molecule has 150 valence electrons. The van der Waals surface area contributed by atoms with Gasteiger partial charge < -0.3 is 20.3 Å². The number of nitrogens with one attached hydrogen (secondary N) is 2. The third-order valence-corrected chi connectivity index (χ3v) is 4.88. The largest absolute Gasteiger partial charge is 0.496 e. The predicted octanol–water partition coefficient (Wildman–Crippen LogP) is 2.99. The second kappa shape index (κ2) is 10.5. The zero-order valence-electron chi connectivity index (χ0n) is 16.9. The third kappa shape index (κ3) is 5.62. The minimum atomic E-state index is 0.632. The van der Waals surface area contributed by atoms with Crippen molar-refractivity contribution in [2.24, 2.45) is 4.99 Å². The van der Waals surface area contributed by atoms with Gasteiger partial charge in [0.05, 0.1) is 13.7 Å². The molecule has 1 aromatic heterocycles. The minimum absolute atomic E-state index is 0.632. The number of methoxy groups -OCH3 is 1. The highest BCUT2D eigenvalue weighted by Gasteiger charge is 2.13. The summed E-state index contributed by atoms with van der Waals surface area (Å²) in [4.78, 5) is 11.6. The van der Waals surface area contributed by atoms with E-state index in [1.54, 1.807) is 7.11 Å². The van der Waals surface area contributed by atoms with Crippen LogP contribution >= 0.6 is 0 Å². The van der Waals surface area contributed by atoms with Gasteiger partial charge in [-0.15, -0.1) is 0 Å². The molecule has 0 saturated carbocycles. The molecule has 1 aliphatic heterocycles. The molecule has 0 spiro atoms. The second-order valence-electron chi connectivity index (χ2n) is 6.90. The lowest BCUT2D eigenvalue weighted by Crippen LogP contribution is -2.38. The summed E-state index contributed by atoms with van der Waals surface area (Å²) >= 11 is 0. The van der Waals surface area contributed by atoms with E-state index in [-0.39, 0.29) is 0 Å². The summed E-state index contributed by atoms with van der Waals surface area (Å²) in [6.45, 7) is 6.54. The molecule has 1 aliphatic rings. The monoisotopic (exact) mass is 381 g/mol. The van der Waals surface area contributed by atoms with E-state index in [0.717, 1.165) is 50.1 Å². The van der Waals surface area contributed by atoms with Crippen molar-refractivity contribution in [2.75, 3.05) is 38.2 Å². The molecule has 1 fully saturated rings. The Balaban J connectivity index is 1.57. The number of benzene rings is 1. The van der Waals surface area contributed by atoms with Crippen LogP contribution in [0.2, 0.25) is 0 Å². The highest BCUT2D eigenvalue weighted by molar-refractivity contribution is 5.79. The van der Waals surface area contributed by atoms with Crippen LogP contribution in [0.4, 0.5) is 5.82 Å². The molecule has 6 heteroatoms. The Bertz CT molecular complexity index is 771. The van der Waals surface area contributed by atoms with Gasteiger partial charge in [0.2, 0.25) is 0 Å². The van der Waals surface area contributed by atoms with Crippen LogP contribution in [0.3, 0.4) is 0 Å². The molecule has 28 heavy (non-hydrogen) atoms. The molecule has 2 N–H and O–H groups in total. The Morgan fingerprint density at radius 1 is 1.18 bits per heavy atom. The van der Waals surface area contributed by atoms with Crippen molar-refractivity contribution in [2.45, 2.75) is 32.7 Å². The number of nitrogens with zero attached hydrogens (tertiary/aromatic N) is 3. The summed E-state index contributed by atoms with van der Waals surface area (Å²) in [6.07, 6.45) is 5.28. The SMILES string of the molecule is CCNC(=NCc1ccnc(N2CCCC2)c1)NCCc1ccccc1OC. The Morgan fingerprint density at radius 3 is 2.79 bits per heavy atom. The summed E-state index contributed by atoms with van der Waals surface area (Å²) in [5.41, 5.74) is 2.37. The van der Waals surface area contributed by atoms with Crippen molar-refractivity contribution in [3.63, 3.8) is 0 Å². The van der Waals surface area contributed by atoms with E-state index in [9.17, 15) is 0 Å². The lowest BCUT2D eigenvalue weighted by atomic mass is 10.1. The number of rotatable bonds is 8. The summed E-state index contributed by atoms with van der Waals surface area (Å²) in [7, 11) is 1.71. The Morgan fingerprint density at radius 2 is 2.00 bits per heavy atom. The fraction of sp³-hybridized carbons (Fsp3) is 0.455. The fourth-order valence-electron chi connectivity index (χ4n) is 3.42. The van der Waals surface area contributed by atoms with Crippen LogP contribution in [-0.2, 0) is 13.0 Å². The van der Waals surface area contributed by atoms with Gasteiger partial charge in [-0.1, -0.05) is 18.2 Å². The maximum absolute atomic E-state index is 5.43. The minimum Gasteiger partial charge on any atom is -0.496 e. The Hall–Kier alpha value is -2.76. The van der Waals surface area contributed by atoms with E-state index in [4.69, 9.17) is 9.73 Å². The van der Waals surface area contributed by atoms with Crippen molar-refractivity contribution >= 4 is 11.8 Å². The van der Waals surface area contributed by atoms with Crippen molar-refractivity contribution in [3.05, 3.63) is 53.7 Å². The molecular formula is C22H31N5O. The highest BCUT2D eigenvalue weighted by atomic mass is 16.5. The number of aromatic nitrogens is 1. The third-order valence-electron chi connectivity index (χ3n) is 4.88. The molecule has 0 amide bonds. The summed E-state index contributed by atoms with van der Waals surface area (Å²) in [5, 5.41) is 6.74. The van der Waals surface area contributed by atoms with E-state index in [0.29, 0.717) is 6.54 Å². The van der Waals surface area contributed by atoms with Gasteiger partial charge in [-0.2, -0.15) is 0 Å². The van der Waals surface area contributed by atoms with Gasteiger partial charge in [0.15, 0.2) is 5.96 Å². The maximum atomic E-state index is 5.43. The average Bonchev–Trinajstić information content (AvgIpc) is 3.27. The molecular weight excluding hydrogens is 350 g/mol. The van der Waals surface area contributed by atoms with Gasteiger partial charge in [0.1, 0.15) is 11.6 Å². The number of guanidine groups is 1. The first-order chi connectivity index (χ1) is 13.8. The first-order valence-electron chi connectivity index (χ1n) is 10.1. The summed E-state index contributed by atoms with van der Waals surface area (Å²) < 4.78 is 5.43. The van der Waals surface area contributed by atoms with Crippen LogP contribution in [0.1, 0.15) is 30.9 Å². The normalized spacial score (nSPS) is 14.2. The molecule has 1 saturated heterocycles. The number of hydrogen-bond acceptors (Lipinski definition) is 4. The molecule has 3 rings (SSSR count). The van der Waals surface area contributed by atoms with E-state index in [1.807, 2.05) is 30.5 Å². The van der Waals surface area contributed by atoms with Crippen LogP contribution in [0.15, 0.2) is 47.6 Å². The van der Waals surface area contributed by atoms with Gasteiger partial charge in [0.25, 0.3) is 0 Å². The zero-order chi connectivity index (χ0) is 19.6. The van der Waals surface area contributed by atoms with Gasteiger partial charge in [-0.05, 0) is 55.5 Å². The molecule has 1 aromatic carbocycles. The van der Waals surface area contributed by atoms with Crippen LogP contribution in [0.25, 0.3) is 0 Å². The van der Waals surface area contributed by atoms with Crippen LogP contribution in [0, 0.1) is 0 Å². The molecule has 0 bridgehead atoms. The maximum Gasteiger partial charge on any atom is 0.191 e. The second-order valence-corrected chi connectivity index (χ2v) is 6.90. The van der Waals surface area contributed by atoms with Gasteiger partial charge in [0, 0.05) is 32.4 Å². The van der Waals surface area contributed by atoms with Crippen molar-refractivity contribution < 1.29 is 4.74 Å². The number of ether oxygens (including phenoxy) is 1. The van der Waals surface area contributed by atoms with Crippen molar-refractivity contribution in [1.29, 1.82) is 0 Å². The summed E-state index contributed by atoms with van der Waals surface area (Å²) in [6, 6.07) is 12.3. The first kappa shape index (κ1) is 20.0. The molecule has 2 aromatic rings. The predicted molar refractivity (Wildman–Crippen MR) is 115 cm³/mol. The van der Waals surface area contributed by atoms with Crippen molar-refractivity contribution in [1.82, 2.24) is 15.6 Å². The Kier molecular flexibility index (Phi) is 7.53. The van der Waals surface area contributed by atoms with E-state index >= 15 is 0 Å². The lowest BCUT2D eigenvalue weighted by molar-refractivity contribution is 0.409. The molecule has 0 atom stereocenters. The average molecular weight is 382 g/mol. The zero-order valence-corrected chi connectivity index (χ0v) is 16.9. The van der Waals surface area contributed by atoms with Crippen LogP contribution in [0.5, 0.6) is 5.75 Å². The van der Waals surface area contributed by atoms with Crippen LogP contribution < -0.4 is 20.3 Å². The lowest BCUT2D eigenvalue weighted by Gasteiger charge is -2.16. The quantitative estimate of drug-likeness (QED) is 0.544. The van der Waals surface area contributed by atoms with Gasteiger partial charge in [-0.3, -0.25) is 0 Å². The van der Waals surface area contributed by atoms with Gasteiger partial charge >= 0.3 is 0 Å². The smallest absolute Gasteiger partial charge is 0.191 e. The number of pyridine rings is 1. The van der Waals surface area contributed by atoms with E-state index in [1.165, 1.54) is 24.0 Å². The Labute approximate surface area is 168 Å². The van der Waals surface area contributed by atoms with E-state index < -0.39 is 0 Å². The first-order valence-corrected chi connectivity index (χ1v) is 10.1. The fourth-order valence-corrected chi connectivity index (χ4v) is 3.42.